The maximum Gasteiger partial charge on any atom is 0.406 e. The van der Waals surface area contributed by atoms with Crippen LogP contribution in [0.25, 0.3) is 0 Å². The Bertz CT molecular complexity index is 1340. The van der Waals surface area contributed by atoms with E-state index in [0.717, 1.165) is 17.6 Å². The lowest BCUT2D eigenvalue weighted by molar-refractivity contribution is -0.141. The van der Waals surface area contributed by atoms with Gasteiger partial charge in [0.15, 0.2) is 0 Å². The summed E-state index contributed by atoms with van der Waals surface area (Å²) in [4.78, 5) is 25.9. The summed E-state index contributed by atoms with van der Waals surface area (Å²) in [6.45, 7) is 5.86. The highest BCUT2D eigenvalue weighted by molar-refractivity contribution is 6.04. The first-order valence-electron chi connectivity index (χ1n) is 12.0. The van der Waals surface area contributed by atoms with Gasteiger partial charge in [-0.3, -0.25) is 9.59 Å². The highest BCUT2D eigenvalue weighted by atomic mass is 19.4. The third-order valence-corrected chi connectivity index (χ3v) is 5.93. The Labute approximate surface area is 218 Å². The second kappa shape index (κ2) is 11.1. The lowest BCUT2D eigenvalue weighted by atomic mass is 9.81. The normalized spacial score (nSPS) is 12.6. The molecule has 0 unspecified atom stereocenters. The fraction of sp³-hybridized carbons (Fsp3) is 0.462. The molecule has 1 amide bonds. The van der Waals surface area contributed by atoms with E-state index in [2.05, 4.69) is 20.8 Å². The van der Waals surface area contributed by atoms with Gasteiger partial charge in [-0.05, 0) is 48.6 Å². The van der Waals surface area contributed by atoms with E-state index in [9.17, 15) is 27.9 Å². The smallest absolute Gasteiger partial charge is 0.389 e. The Morgan fingerprint density at radius 2 is 1.84 bits per heavy atom. The minimum absolute atomic E-state index is 0.0497. The van der Waals surface area contributed by atoms with Crippen molar-refractivity contribution in [3.8, 4) is 0 Å². The molecule has 0 aliphatic carbocycles. The Morgan fingerprint density at radius 1 is 1.13 bits per heavy atom. The summed E-state index contributed by atoms with van der Waals surface area (Å²) < 4.78 is 41.7. The molecule has 0 bridgehead atoms. The van der Waals surface area contributed by atoms with Gasteiger partial charge in [0.1, 0.15) is 24.3 Å². The van der Waals surface area contributed by atoms with Crippen molar-refractivity contribution in [3.63, 3.8) is 0 Å². The zero-order valence-electron chi connectivity index (χ0n) is 22.1. The van der Waals surface area contributed by atoms with Crippen molar-refractivity contribution < 1.29 is 23.1 Å². The number of carbonyl (C=O) groups is 1. The zero-order valence-corrected chi connectivity index (χ0v) is 22.1. The van der Waals surface area contributed by atoms with E-state index in [0.29, 0.717) is 22.2 Å². The van der Waals surface area contributed by atoms with Crippen molar-refractivity contribution in [2.45, 2.75) is 64.4 Å². The van der Waals surface area contributed by atoms with Crippen molar-refractivity contribution in [2.75, 3.05) is 11.9 Å². The van der Waals surface area contributed by atoms with Crippen LogP contribution >= 0.6 is 0 Å². The number of carbonyl (C=O) groups excluding carboxylic acids is 1. The summed E-state index contributed by atoms with van der Waals surface area (Å²) >= 11 is 0. The number of nitrogens with zero attached hydrogens (tertiary/aromatic N) is 4. The number of pyridine rings is 1. The average Bonchev–Trinajstić information content (AvgIpc) is 3.17. The maximum absolute atomic E-state index is 13.1. The number of nitrogens with one attached hydrogen (secondary N) is 2. The van der Waals surface area contributed by atoms with Crippen LogP contribution < -0.4 is 16.2 Å². The molecule has 38 heavy (non-hydrogen) atoms. The number of aryl methyl sites for hydroxylation is 1. The van der Waals surface area contributed by atoms with Gasteiger partial charge >= 0.3 is 6.18 Å². The predicted molar refractivity (Wildman–Crippen MR) is 137 cm³/mol. The molecule has 0 atom stereocenters. The van der Waals surface area contributed by atoms with E-state index in [1.54, 1.807) is 38.4 Å². The van der Waals surface area contributed by atoms with E-state index in [-0.39, 0.29) is 18.5 Å². The van der Waals surface area contributed by atoms with Crippen molar-refractivity contribution in [1.29, 1.82) is 0 Å². The number of amides is 1. The van der Waals surface area contributed by atoms with E-state index >= 15 is 0 Å². The molecule has 0 fully saturated rings. The van der Waals surface area contributed by atoms with Gasteiger partial charge in [-0.1, -0.05) is 26.0 Å². The van der Waals surface area contributed by atoms with Gasteiger partial charge in [0, 0.05) is 38.4 Å². The van der Waals surface area contributed by atoms with Crippen LogP contribution in [-0.2, 0) is 32.0 Å². The number of halogens is 3. The van der Waals surface area contributed by atoms with Crippen LogP contribution in [0.15, 0.2) is 47.7 Å². The second-order valence-electron chi connectivity index (χ2n) is 10.7. The molecule has 0 saturated carbocycles. The Balaban J connectivity index is 1.87. The summed E-state index contributed by atoms with van der Waals surface area (Å²) in [5, 5.41) is 23.5. The highest BCUT2D eigenvalue weighted by Crippen LogP contribution is 2.29. The molecule has 206 valence electrons. The topological polar surface area (TPSA) is 114 Å². The van der Waals surface area contributed by atoms with Gasteiger partial charge in [-0.2, -0.15) is 13.2 Å². The molecule has 12 heteroatoms. The van der Waals surface area contributed by atoms with Gasteiger partial charge in [-0.25, -0.2) is 0 Å². The van der Waals surface area contributed by atoms with Crippen LogP contribution in [0.1, 0.15) is 55.0 Å². The van der Waals surface area contributed by atoms with Gasteiger partial charge in [0.2, 0.25) is 0 Å². The number of hydrogen-bond donors (Lipinski definition) is 3. The third-order valence-electron chi connectivity index (χ3n) is 5.93. The number of rotatable bonds is 10. The van der Waals surface area contributed by atoms with Gasteiger partial charge in [-0.15, -0.1) is 10.2 Å². The molecule has 0 aliphatic heterocycles. The molecule has 2 heterocycles. The van der Waals surface area contributed by atoms with Gasteiger partial charge < -0.3 is 24.9 Å². The summed E-state index contributed by atoms with van der Waals surface area (Å²) in [6.07, 6.45) is -1.40. The number of benzene rings is 1. The molecule has 3 aromatic rings. The molecule has 0 aliphatic rings. The molecule has 0 radical (unpaired) electrons. The number of aromatic nitrogens is 4. The van der Waals surface area contributed by atoms with Crippen LogP contribution in [0.5, 0.6) is 0 Å². The molecule has 0 saturated heterocycles. The predicted octanol–water partition coefficient (Wildman–Crippen LogP) is 3.17. The summed E-state index contributed by atoms with van der Waals surface area (Å²) in [7, 11) is 1.85. The highest BCUT2D eigenvalue weighted by Gasteiger charge is 2.30. The van der Waals surface area contributed by atoms with Crippen LogP contribution in [0, 0.1) is 0 Å². The third kappa shape index (κ3) is 7.99. The zero-order chi connectivity index (χ0) is 28.3. The summed E-state index contributed by atoms with van der Waals surface area (Å²) in [6, 6.07) is 8.32. The minimum Gasteiger partial charge on any atom is -0.389 e. The van der Waals surface area contributed by atoms with E-state index in [4.69, 9.17) is 0 Å². The lowest BCUT2D eigenvalue weighted by Crippen LogP contribution is -2.36. The van der Waals surface area contributed by atoms with Crippen LogP contribution in [-0.4, -0.2) is 48.7 Å². The molecule has 0 spiro atoms. The van der Waals surface area contributed by atoms with E-state index < -0.39 is 35.4 Å². The number of anilines is 1. The van der Waals surface area contributed by atoms with Crippen LogP contribution in [0.2, 0.25) is 0 Å². The minimum atomic E-state index is -4.65. The first-order valence-corrected chi connectivity index (χ1v) is 12.0. The fourth-order valence-electron chi connectivity index (χ4n) is 3.96. The molecule has 9 nitrogen and oxygen atoms in total. The molecule has 3 rings (SSSR count). The fourth-order valence-corrected chi connectivity index (χ4v) is 3.96. The average molecular weight is 535 g/mol. The molecular formula is C26H33F3N6O3. The van der Waals surface area contributed by atoms with Crippen molar-refractivity contribution in [2.24, 2.45) is 7.05 Å². The SMILES string of the molecule is Cn1cnnc1CC(C)(C)c1cccc(NC(=O)c2cc(CNCC(C)(C)O)cn(CC(F)(F)F)c2=O)c1. The summed E-state index contributed by atoms with van der Waals surface area (Å²) in [5.74, 6) is -0.0387. The van der Waals surface area contributed by atoms with Crippen molar-refractivity contribution >= 4 is 11.6 Å². The standard InChI is InChI=1S/C26H33F3N6O3/c1-24(2,11-21-33-31-16-34(21)5)18-7-6-8-19(10-18)32-22(36)20-9-17(12-30-14-25(3,4)38)13-35(23(20)37)15-26(27,28)29/h6-10,13,16,30,38H,11-12,14-15H2,1-5H3,(H,32,36). The molecular weight excluding hydrogens is 501 g/mol. The first kappa shape index (κ1) is 29.1. The molecule has 1 aromatic carbocycles. The molecule has 2 aromatic heterocycles. The van der Waals surface area contributed by atoms with Crippen molar-refractivity contribution in [3.05, 3.63) is 75.7 Å². The maximum atomic E-state index is 13.1. The molecule has 3 N–H and O–H groups in total. The first-order chi connectivity index (χ1) is 17.5. The lowest BCUT2D eigenvalue weighted by Gasteiger charge is -2.25. The van der Waals surface area contributed by atoms with Gasteiger partial charge in [0.05, 0.1) is 5.60 Å². The van der Waals surface area contributed by atoms with E-state index in [1.807, 2.05) is 31.5 Å². The van der Waals surface area contributed by atoms with Crippen LogP contribution in [0.4, 0.5) is 18.9 Å². The number of alkyl halides is 3. The Morgan fingerprint density at radius 3 is 2.45 bits per heavy atom. The number of aliphatic hydroxyl groups is 1. The van der Waals surface area contributed by atoms with E-state index in [1.165, 1.54) is 6.07 Å². The second-order valence-corrected chi connectivity index (χ2v) is 10.7. The Hall–Kier alpha value is -3.51. The largest absolute Gasteiger partial charge is 0.406 e. The summed E-state index contributed by atoms with van der Waals surface area (Å²) in [5.41, 5.74) is -1.32. The monoisotopic (exact) mass is 534 g/mol. The van der Waals surface area contributed by atoms with Crippen molar-refractivity contribution in [1.82, 2.24) is 24.6 Å². The van der Waals surface area contributed by atoms with Gasteiger partial charge in [0.25, 0.3) is 11.5 Å². The number of hydrogen-bond acceptors (Lipinski definition) is 6. The van der Waals surface area contributed by atoms with Crippen LogP contribution in [0.3, 0.4) is 0 Å². The quantitative estimate of drug-likeness (QED) is 0.368. The Kier molecular flexibility index (Phi) is 8.47.